The standard InChI is InChI=1S/C18H11BrFN3OS/c19-13-5-1-12(2-6-13)18-22-16(24-23-18)9-17-21-15(10-25-17)11-3-7-14(20)8-4-11/h1-8,10H,9H2. The van der Waals surface area contributed by atoms with Gasteiger partial charge in [0.05, 0.1) is 12.1 Å². The largest absolute Gasteiger partial charge is 0.339 e. The molecule has 0 aliphatic rings. The van der Waals surface area contributed by atoms with E-state index in [1.165, 1.54) is 23.5 Å². The van der Waals surface area contributed by atoms with E-state index >= 15 is 0 Å². The molecule has 4 aromatic rings. The quantitative estimate of drug-likeness (QED) is 0.450. The van der Waals surface area contributed by atoms with Crippen molar-refractivity contribution in [2.45, 2.75) is 6.42 Å². The van der Waals surface area contributed by atoms with Crippen molar-refractivity contribution in [1.82, 2.24) is 15.1 Å². The lowest BCUT2D eigenvalue weighted by molar-refractivity contribution is 0.385. The van der Waals surface area contributed by atoms with Gasteiger partial charge < -0.3 is 4.52 Å². The van der Waals surface area contributed by atoms with Crippen LogP contribution in [0.3, 0.4) is 0 Å². The fourth-order valence-corrected chi connectivity index (χ4v) is 3.38. The maximum absolute atomic E-state index is 13.0. The van der Waals surface area contributed by atoms with Gasteiger partial charge in [0.1, 0.15) is 10.8 Å². The monoisotopic (exact) mass is 415 g/mol. The molecule has 25 heavy (non-hydrogen) atoms. The van der Waals surface area contributed by atoms with Gasteiger partial charge in [0.2, 0.25) is 11.7 Å². The van der Waals surface area contributed by atoms with E-state index in [1.807, 2.05) is 29.6 Å². The number of nitrogens with zero attached hydrogens (tertiary/aromatic N) is 3. The molecule has 0 fully saturated rings. The lowest BCUT2D eigenvalue weighted by Crippen LogP contribution is -1.88. The van der Waals surface area contributed by atoms with E-state index in [-0.39, 0.29) is 5.82 Å². The predicted octanol–water partition coefficient (Wildman–Crippen LogP) is 5.35. The summed E-state index contributed by atoms with van der Waals surface area (Å²) in [6, 6.07) is 14.0. The van der Waals surface area contributed by atoms with Crippen LogP contribution in [-0.2, 0) is 6.42 Å². The summed E-state index contributed by atoms with van der Waals surface area (Å²) >= 11 is 4.91. The molecule has 124 valence electrons. The van der Waals surface area contributed by atoms with Gasteiger partial charge in [0.25, 0.3) is 0 Å². The lowest BCUT2D eigenvalue weighted by Gasteiger charge is -1.95. The van der Waals surface area contributed by atoms with Gasteiger partial charge in [0, 0.05) is 21.0 Å². The molecule has 4 nitrogen and oxygen atoms in total. The van der Waals surface area contributed by atoms with Gasteiger partial charge in [-0.15, -0.1) is 11.3 Å². The summed E-state index contributed by atoms with van der Waals surface area (Å²) in [5, 5.41) is 6.83. The van der Waals surface area contributed by atoms with Crippen molar-refractivity contribution in [3.8, 4) is 22.6 Å². The third-order valence-electron chi connectivity index (χ3n) is 3.56. The molecule has 0 aliphatic carbocycles. The Morgan fingerprint density at radius 2 is 1.68 bits per heavy atom. The summed E-state index contributed by atoms with van der Waals surface area (Å²) in [5.74, 6) is 0.807. The SMILES string of the molecule is Fc1ccc(-c2csc(Cc3nc(-c4ccc(Br)cc4)no3)n2)cc1. The van der Waals surface area contributed by atoms with Gasteiger partial charge >= 0.3 is 0 Å². The van der Waals surface area contributed by atoms with Crippen LogP contribution in [0, 0.1) is 5.82 Å². The maximum Gasteiger partial charge on any atom is 0.233 e. The molecule has 0 aliphatic heterocycles. The van der Waals surface area contributed by atoms with Gasteiger partial charge in [0.15, 0.2) is 0 Å². The highest BCUT2D eigenvalue weighted by molar-refractivity contribution is 9.10. The molecule has 0 bridgehead atoms. The normalized spacial score (nSPS) is 11.0. The Bertz CT molecular complexity index is 914. The van der Waals surface area contributed by atoms with Crippen LogP contribution >= 0.6 is 27.3 Å². The highest BCUT2D eigenvalue weighted by atomic mass is 79.9. The minimum absolute atomic E-state index is 0.259. The van der Waals surface area contributed by atoms with Gasteiger partial charge in [-0.25, -0.2) is 9.37 Å². The molecular formula is C18H11BrFN3OS. The Balaban J connectivity index is 1.51. The first-order chi connectivity index (χ1) is 12.2. The van der Waals surface area contributed by atoms with Crippen molar-refractivity contribution in [2.75, 3.05) is 0 Å². The molecule has 2 aromatic heterocycles. The molecule has 2 aromatic carbocycles. The molecule has 0 spiro atoms. The zero-order valence-electron chi connectivity index (χ0n) is 12.8. The van der Waals surface area contributed by atoms with E-state index < -0.39 is 0 Å². The Morgan fingerprint density at radius 1 is 0.960 bits per heavy atom. The first-order valence-electron chi connectivity index (χ1n) is 7.46. The average Bonchev–Trinajstić information content (AvgIpc) is 3.27. The van der Waals surface area contributed by atoms with Crippen LogP contribution < -0.4 is 0 Å². The summed E-state index contributed by atoms with van der Waals surface area (Å²) in [6.45, 7) is 0. The molecule has 0 saturated heterocycles. The zero-order valence-corrected chi connectivity index (χ0v) is 15.2. The van der Waals surface area contributed by atoms with Crippen LogP contribution in [-0.4, -0.2) is 15.1 Å². The Hall–Kier alpha value is -2.38. The number of benzene rings is 2. The second-order valence-corrected chi connectivity index (χ2v) is 7.19. The maximum atomic E-state index is 13.0. The zero-order chi connectivity index (χ0) is 17.2. The number of hydrogen-bond acceptors (Lipinski definition) is 5. The smallest absolute Gasteiger partial charge is 0.233 e. The van der Waals surface area contributed by atoms with Gasteiger partial charge in [-0.2, -0.15) is 4.98 Å². The van der Waals surface area contributed by atoms with Crippen molar-refractivity contribution in [1.29, 1.82) is 0 Å². The molecule has 4 rings (SSSR count). The van der Waals surface area contributed by atoms with E-state index in [4.69, 9.17) is 4.52 Å². The van der Waals surface area contributed by atoms with Crippen molar-refractivity contribution in [2.24, 2.45) is 0 Å². The number of halogens is 2. The molecular weight excluding hydrogens is 405 g/mol. The number of hydrogen-bond donors (Lipinski definition) is 0. The van der Waals surface area contributed by atoms with Crippen LogP contribution in [0.4, 0.5) is 4.39 Å². The van der Waals surface area contributed by atoms with Gasteiger partial charge in [-0.3, -0.25) is 0 Å². The topological polar surface area (TPSA) is 51.8 Å². The molecule has 0 atom stereocenters. The summed E-state index contributed by atoms with van der Waals surface area (Å²) in [4.78, 5) is 8.98. The molecule has 0 saturated carbocycles. The fourth-order valence-electron chi connectivity index (χ4n) is 2.32. The van der Waals surface area contributed by atoms with Crippen LogP contribution in [0.1, 0.15) is 10.9 Å². The van der Waals surface area contributed by atoms with E-state index in [1.54, 1.807) is 12.1 Å². The highest BCUT2D eigenvalue weighted by Crippen LogP contribution is 2.24. The predicted molar refractivity (Wildman–Crippen MR) is 97.7 cm³/mol. The number of aromatic nitrogens is 3. The van der Waals surface area contributed by atoms with Crippen LogP contribution in [0.15, 0.2) is 62.9 Å². The van der Waals surface area contributed by atoms with Crippen LogP contribution in [0.2, 0.25) is 0 Å². The van der Waals surface area contributed by atoms with Crippen molar-refractivity contribution >= 4 is 27.3 Å². The van der Waals surface area contributed by atoms with E-state index in [0.29, 0.717) is 18.1 Å². The van der Waals surface area contributed by atoms with Crippen LogP contribution in [0.25, 0.3) is 22.6 Å². The van der Waals surface area contributed by atoms with Crippen molar-refractivity contribution in [3.05, 3.63) is 75.1 Å². The van der Waals surface area contributed by atoms with E-state index in [2.05, 4.69) is 31.1 Å². The first kappa shape index (κ1) is 16.1. The second kappa shape index (κ2) is 6.85. The van der Waals surface area contributed by atoms with Crippen molar-refractivity contribution in [3.63, 3.8) is 0 Å². The minimum Gasteiger partial charge on any atom is -0.339 e. The summed E-state index contributed by atoms with van der Waals surface area (Å²) in [5.41, 5.74) is 2.59. The first-order valence-corrected chi connectivity index (χ1v) is 9.13. The second-order valence-electron chi connectivity index (χ2n) is 5.33. The number of rotatable bonds is 4. The Morgan fingerprint density at radius 3 is 2.44 bits per heavy atom. The Kier molecular flexibility index (Phi) is 4.42. The molecule has 0 unspecified atom stereocenters. The van der Waals surface area contributed by atoms with Gasteiger partial charge in [-0.05, 0) is 48.5 Å². The summed E-state index contributed by atoms with van der Waals surface area (Å²) in [7, 11) is 0. The molecule has 0 radical (unpaired) electrons. The van der Waals surface area contributed by atoms with Crippen LogP contribution in [0.5, 0.6) is 0 Å². The summed E-state index contributed by atoms with van der Waals surface area (Å²) < 4.78 is 19.3. The highest BCUT2D eigenvalue weighted by Gasteiger charge is 2.12. The Labute approximate surface area is 155 Å². The molecule has 0 amide bonds. The van der Waals surface area contributed by atoms with Gasteiger partial charge in [-0.1, -0.05) is 21.1 Å². The summed E-state index contributed by atoms with van der Waals surface area (Å²) in [6.07, 6.45) is 0.468. The molecule has 0 N–H and O–H groups in total. The van der Waals surface area contributed by atoms with E-state index in [9.17, 15) is 4.39 Å². The van der Waals surface area contributed by atoms with Crippen molar-refractivity contribution < 1.29 is 8.91 Å². The third kappa shape index (κ3) is 3.67. The van der Waals surface area contributed by atoms with E-state index in [0.717, 1.165) is 26.3 Å². The minimum atomic E-state index is -0.259. The average molecular weight is 416 g/mol. The molecule has 2 heterocycles. The molecule has 7 heteroatoms. The third-order valence-corrected chi connectivity index (χ3v) is 4.94. The lowest BCUT2D eigenvalue weighted by atomic mass is 10.2. The number of thiazole rings is 1. The fraction of sp³-hybridized carbons (Fsp3) is 0.0556.